The zero-order valence-corrected chi connectivity index (χ0v) is 24.2. The number of amides is 1. The molecule has 0 saturated carbocycles. The van der Waals surface area contributed by atoms with Gasteiger partial charge in [0.05, 0.1) is 29.2 Å². The molecule has 1 aromatic carbocycles. The number of nitrogens with one attached hydrogen (secondary N) is 2. The average molecular weight is 587 g/mol. The van der Waals surface area contributed by atoms with Crippen molar-refractivity contribution in [2.45, 2.75) is 38.1 Å². The highest BCUT2D eigenvalue weighted by molar-refractivity contribution is 7.92. The molecule has 0 bridgehead atoms. The van der Waals surface area contributed by atoms with Crippen LogP contribution in [0, 0.1) is 0 Å². The average Bonchev–Trinajstić information content (AvgIpc) is 3.13. The summed E-state index contributed by atoms with van der Waals surface area (Å²) in [6.07, 6.45) is 5.85. The summed E-state index contributed by atoms with van der Waals surface area (Å²) < 4.78 is 28.4. The molecular weight excluding hydrogens is 552 g/mol. The Balaban J connectivity index is 1.39. The molecule has 3 aliphatic heterocycles. The van der Waals surface area contributed by atoms with E-state index >= 15 is 0 Å². The third-order valence-corrected chi connectivity index (χ3v) is 8.70. The summed E-state index contributed by atoms with van der Waals surface area (Å²) in [6, 6.07) is 8.52. The van der Waals surface area contributed by atoms with E-state index < -0.39 is 10.0 Å². The van der Waals surface area contributed by atoms with E-state index in [1.807, 2.05) is 10.6 Å². The lowest BCUT2D eigenvalue weighted by Crippen LogP contribution is -2.39. The van der Waals surface area contributed by atoms with Gasteiger partial charge in [0.1, 0.15) is 11.6 Å². The summed E-state index contributed by atoms with van der Waals surface area (Å²) in [6.45, 7) is 6.25. The summed E-state index contributed by atoms with van der Waals surface area (Å²) in [5.41, 5.74) is 2.00. The maximum atomic E-state index is 14.0. The predicted molar refractivity (Wildman–Crippen MR) is 157 cm³/mol. The largest absolute Gasteiger partial charge is 0.356 e. The zero-order valence-electron chi connectivity index (χ0n) is 22.6. The number of carbonyl (C=O) groups is 1. The van der Waals surface area contributed by atoms with Crippen molar-refractivity contribution in [3.8, 4) is 0 Å². The second-order valence-corrected chi connectivity index (χ2v) is 13.0. The third kappa shape index (κ3) is 5.57. The van der Waals surface area contributed by atoms with Gasteiger partial charge in [-0.1, -0.05) is 11.6 Å². The minimum Gasteiger partial charge on any atom is -0.356 e. The molecule has 40 heavy (non-hydrogen) atoms. The number of hydrogen-bond acceptors (Lipinski definition) is 8. The molecule has 214 valence electrons. The summed E-state index contributed by atoms with van der Waals surface area (Å²) >= 11 is 6.25. The first-order chi connectivity index (χ1) is 19.3. The number of carbonyl (C=O) groups excluding carboxylic acids is 1. The van der Waals surface area contributed by atoms with E-state index in [2.05, 4.69) is 25.9 Å². The van der Waals surface area contributed by atoms with Gasteiger partial charge in [0, 0.05) is 56.4 Å². The smallest absolute Gasteiger partial charge is 0.256 e. The lowest BCUT2D eigenvalue weighted by atomic mass is 9.98. The number of likely N-dealkylation sites (tertiary alicyclic amines) is 1. The highest BCUT2D eigenvalue weighted by Crippen LogP contribution is 2.35. The van der Waals surface area contributed by atoms with E-state index in [4.69, 9.17) is 21.7 Å². The molecule has 1 atom stereocenters. The highest BCUT2D eigenvalue weighted by atomic mass is 35.5. The first kappa shape index (κ1) is 27.1. The summed E-state index contributed by atoms with van der Waals surface area (Å²) in [7, 11) is -3.59. The van der Waals surface area contributed by atoms with Crippen LogP contribution in [0.4, 0.5) is 17.3 Å². The molecule has 0 radical (unpaired) electrons. The van der Waals surface area contributed by atoms with Gasteiger partial charge in [-0.05, 0) is 56.8 Å². The second-order valence-electron chi connectivity index (χ2n) is 10.8. The van der Waals surface area contributed by atoms with Gasteiger partial charge < -0.3 is 20.0 Å². The molecule has 3 aromatic rings. The Morgan fingerprint density at radius 3 is 2.60 bits per heavy atom. The Morgan fingerprint density at radius 1 is 1.00 bits per heavy atom. The highest BCUT2D eigenvalue weighted by Gasteiger charge is 2.33. The molecule has 0 unspecified atom stereocenters. The van der Waals surface area contributed by atoms with E-state index in [1.165, 1.54) is 18.6 Å². The lowest BCUT2D eigenvalue weighted by Gasteiger charge is -2.35. The molecule has 2 N–H and O–H groups in total. The fourth-order valence-corrected chi connectivity index (χ4v) is 6.50. The molecule has 0 spiro atoms. The van der Waals surface area contributed by atoms with E-state index in [0.29, 0.717) is 11.6 Å². The molecule has 3 fully saturated rings. The van der Waals surface area contributed by atoms with Gasteiger partial charge in [0.2, 0.25) is 10.0 Å². The fourth-order valence-electron chi connectivity index (χ4n) is 5.75. The van der Waals surface area contributed by atoms with Crippen molar-refractivity contribution >= 4 is 50.5 Å². The van der Waals surface area contributed by atoms with Gasteiger partial charge in [0.15, 0.2) is 5.65 Å². The normalized spacial score (nSPS) is 20.4. The van der Waals surface area contributed by atoms with E-state index in [-0.39, 0.29) is 23.2 Å². The molecule has 3 saturated heterocycles. The quantitative estimate of drug-likeness (QED) is 0.453. The van der Waals surface area contributed by atoms with Crippen LogP contribution >= 0.6 is 11.6 Å². The fraction of sp³-hybridized carbons (Fsp3) is 0.519. The Morgan fingerprint density at radius 2 is 1.82 bits per heavy atom. The molecular formula is C27H35ClN8O3S. The van der Waals surface area contributed by atoms with Crippen molar-refractivity contribution in [2.75, 3.05) is 66.6 Å². The molecule has 13 heteroatoms. The maximum absolute atomic E-state index is 14.0. The number of anilines is 3. The van der Waals surface area contributed by atoms with Crippen molar-refractivity contribution in [1.82, 2.24) is 24.8 Å². The molecule has 11 nitrogen and oxygen atoms in total. The van der Waals surface area contributed by atoms with Crippen LogP contribution in [0.3, 0.4) is 0 Å². The molecule has 2 aromatic heterocycles. The van der Waals surface area contributed by atoms with Crippen molar-refractivity contribution in [3.63, 3.8) is 0 Å². The van der Waals surface area contributed by atoms with E-state index in [9.17, 15) is 13.2 Å². The first-order valence-corrected chi connectivity index (χ1v) is 16.2. The number of fused-ring (bicyclic) bond motifs is 1. The molecule has 3 aliphatic rings. The zero-order chi connectivity index (χ0) is 27.9. The van der Waals surface area contributed by atoms with Gasteiger partial charge >= 0.3 is 0 Å². The number of rotatable bonds is 6. The van der Waals surface area contributed by atoms with Crippen LogP contribution in [0.2, 0.25) is 5.02 Å². The summed E-state index contributed by atoms with van der Waals surface area (Å²) in [4.78, 5) is 25.4. The van der Waals surface area contributed by atoms with Gasteiger partial charge in [-0.25, -0.2) is 13.4 Å². The number of nitrogens with zero attached hydrogens (tertiary/aromatic N) is 6. The third-order valence-electron chi connectivity index (χ3n) is 7.87. The van der Waals surface area contributed by atoms with Crippen molar-refractivity contribution in [3.05, 3.63) is 46.6 Å². The van der Waals surface area contributed by atoms with Gasteiger partial charge in [0.25, 0.3) is 5.91 Å². The van der Waals surface area contributed by atoms with Crippen LogP contribution in [-0.2, 0) is 10.0 Å². The minimum atomic E-state index is -3.59. The van der Waals surface area contributed by atoms with Crippen molar-refractivity contribution in [1.29, 1.82) is 0 Å². The topological polar surface area (TPSA) is 115 Å². The number of halogens is 1. The minimum absolute atomic E-state index is 0.217. The molecule has 0 aliphatic carbocycles. The van der Waals surface area contributed by atoms with Gasteiger partial charge in [-0.2, -0.15) is 9.61 Å². The van der Waals surface area contributed by atoms with Crippen molar-refractivity contribution in [2.24, 2.45) is 0 Å². The Labute approximate surface area is 239 Å². The van der Waals surface area contributed by atoms with Gasteiger partial charge in [-0.15, -0.1) is 0 Å². The first-order valence-electron chi connectivity index (χ1n) is 14.0. The molecule has 6 rings (SSSR count). The Kier molecular flexibility index (Phi) is 7.49. The van der Waals surface area contributed by atoms with Gasteiger partial charge in [-0.3, -0.25) is 9.52 Å². The standard InChI is InChI=1S/C27H35ClN8O3S/c1-40(38,39)32-21-8-7-19(28)16-20(21)27(37)35-14-3-2-6-23(35)22-17-25-30-24(33-12-5-13-33)18-26(36(25)31-22)34-11-4-9-29-10-15-34/h7-8,16-18,23,29,32H,2-6,9-15H2,1H3/t23-/m0/s1. The van der Waals surface area contributed by atoms with Crippen LogP contribution in [0.5, 0.6) is 0 Å². The summed E-state index contributed by atoms with van der Waals surface area (Å²) in [5.74, 6) is 1.71. The number of piperidine rings is 1. The second kappa shape index (κ2) is 11.1. The van der Waals surface area contributed by atoms with Crippen LogP contribution in [0.25, 0.3) is 5.65 Å². The maximum Gasteiger partial charge on any atom is 0.256 e. The van der Waals surface area contributed by atoms with Crippen LogP contribution in [-0.4, -0.2) is 85.9 Å². The van der Waals surface area contributed by atoms with E-state index in [1.54, 1.807) is 11.0 Å². The number of aromatic nitrogens is 3. The number of hydrogen-bond donors (Lipinski definition) is 2. The van der Waals surface area contributed by atoms with Crippen LogP contribution in [0.1, 0.15) is 54.2 Å². The lowest BCUT2D eigenvalue weighted by molar-refractivity contribution is 0.0607. The SMILES string of the molecule is CS(=O)(=O)Nc1ccc(Cl)cc1C(=O)N1CCCC[C@H]1c1cc2nc(N3CCC3)cc(N3CCCNCC3)n2n1. The molecule has 1 amide bonds. The Hall–Kier alpha value is -3.09. The van der Waals surface area contributed by atoms with Crippen LogP contribution in [0.15, 0.2) is 30.3 Å². The molecule has 5 heterocycles. The number of benzene rings is 1. The van der Waals surface area contributed by atoms with Crippen molar-refractivity contribution < 1.29 is 13.2 Å². The Bertz CT molecular complexity index is 1520. The van der Waals surface area contributed by atoms with E-state index in [0.717, 1.165) is 94.2 Å². The number of sulfonamides is 1. The summed E-state index contributed by atoms with van der Waals surface area (Å²) in [5, 5.41) is 8.89. The van der Waals surface area contributed by atoms with Crippen LogP contribution < -0.4 is 19.8 Å². The predicted octanol–water partition coefficient (Wildman–Crippen LogP) is 3.13. The monoisotopic (exact) mass is 586 g/mol.